The third-order valence-electron chi connectivity index (χ3n) is 9.56. The Morgan fingerprint density at radius 1 is 0.614 bits per heavy atom. The molecule has 3 heterocycles. The van der Waals surface area contributed by atoms with Crippen LogP contribution in [0.3, 0.4) is 0 Å². The molecule has 544 valence electrons. The zero-order valence-corrected chi connectivity index (χ0v) is 28.5. The van der Waals surface area contributed by atoms with Crippen molar-refractivity contribution in [2.24, 2.45) is 0 Å². The van der Waals surface area contributed by atoms with E-state index in [1.54, 1.807) is 21.0 Å². The molecule has 1 fully saturated rings. The predicted molar refractivity (Wildman–Crippen MR) is 396 cm³/mol. The van der Waals surface area contributed by atoms with Crippen LogP contribution in [0.25, 0.3) is 0 Å². The van der Waals surface area contributed by atoms with Crippen molar-refractivity contribution in [2.75, 3.05) is 34.1 Å². The number of nitrogens with zero attached hydrogens (tertiary/aromatic N) is 1. The maximum absolute atomic E-state index is 13.8. The first-order valence-corrected chi connectivity index (χ1v) is 16.2. The normalized spacial score (nSPS) is 14.6. The van der Waals surface area contributed by atoms with Gasteiger partial charge in [-0.05, 0) is 95.2 Å². The van der Waals surface area contributed by atoms with Gasteiger partial charge in [-0.1, -0.05) is 253 Å². The van der Waals surface area contributed by atoms with Crippen molar-refractivity contribution in [1.29, 1.82) is 0 Å². The van der Waals surface area contributed by atoms with Crippen molar-refractivity contribution in [3.05, 3.63) is 35.1 Å². The predicted octanol–water partition coefficient (Wildman–Crippen LogP) is 22.2. The molecule has 1 spiro atoms. The van der Waals surface area contributed by atoms with Crippen molar-refractivity contribution in [3.8, 4) is 11.5 Å². The molecule has 4 aliphatic rings. The highest BCUT2D eigenvalue weighted by Gasteiger charge is 2.59. The fraction of sp³-hybridized carbons (Fsp3) is 0.824. The van der Waals surface area contributed by atoms with Gasteiger partial charge in [0.2, 0.25) is 6.79 Å². The summed E-state index contributed by atoms with van der Waals surface area (Å²) in [6.45, 7) is 6.08. The van der Waals surface area contributed by atoms with Crippen LogP contribution in [-0.4, -0.2) is 112 Å². The van der Waals surface area contributed by atoms with E-state index in [0.717, 1.165) is 50.4 Å². The van der Waals surface area contributed by atoms with Gasteiger partial charge < -0.3 is 54.0 Å². The van der Waals surface area contributed by atoms with Crippen LogP contribution in [0.5, 0.6) is 11.5 Å². The summed E-state index contributed by atoms with van der Waals surface area (Å²) in [5, 5.41) is 48.3. The molecule has 5 rings (SSSR count). The molecule has 5 atom stereocenters. The minimum Gasteiger partial charge on any atom is -0.547 e. The smallest absolute Gasteiger partial charge is 0.339 e. The van der Waals surface area contributed by atoms with Gasteiger partial charge in [0.05, 0.1) is 50.1 Å². The van der Waals surface area contributed by atoms with Gasteiger partial charge in [0, 0.05) is 6.54 Å². The van der Waals surface area contributed by atoms with Gasteiger partial charge in [0.15, 0.2) is 23.2 Å². The lowest BCUT2D eigenvalue weighted by Gasteiger charge is -2.39. The molecule has 1 aliphatic carbocycles. The average molecular weight is 1240 g/mol. The molecule has 4 N–H and O–H groups in total. The lowest BCUT2D eigenvalue weighted by Crippen LogP contribution is -2.49. The first-order valence-electron chi connectivity index (χ1n) is 16.2. The van der Waals surface area contributed by atoms with E-state index in [1.165, 1.54) is 7.11 Å². The maximum atomic E-state index is 13.8. The molecule has 15 nitrogen and oxygen atoms in total. The average Bonchev–Trinajstić information content (AvgIpc) is 3.69. The summed E-state index contributed by atoms with van der Waals surface area (Å²) < 4.78 is 28.1. The van der Waals surface area contributed by atoms with Gasteiger partial charge in [0.1, 0.15) is 11.4 Å². The Morgan fingerprint density at radius 2 is 1.01 bits per heavy atom. The highest BCUT2D eigenvalue weighted by atomic mass is 16.7. The first kappa shape index (κ1) is 209. The number of aliphatic carboxylic acids is 2. The Labute approximate surface area is 534 Å². The second-order valence-electron chi connectivity index (χ2n) is 13.9. The van der Waals surface area contributed by atoms with Gasteiger partial charge in [-0.25, -0.2) is 4.79 Å². The highest BCUT2D eigenvalue weighted by Crippen LogP contribution is 2.55. The Kier molecular flexibility index (Phi) is 207. The molecule has 0 radical (unpaired) electrons. The number of carbonyl (C=O) groups is 4. The van der Waals surface area contributed by atoms with Crippen LogP contribution < -0.4 is 14.6 Å². The van der Waals surface area contributed by atoms with Crippen molar-refractivity contribution in [2.45, 2.75) is 359 Å². The number of hydrogen-bond donors (Lipinski definition) is 4. The van der Waals surface area contributed by atoms with Gasteiger partial charge >= 0.3 is 17.9 Å². The summed E-state index contributed by atoms with van der Waals surface area (Å²) in [6, 6.07) is 4.00. The van der Waals surface area contributed by atoms with E-state index in [9.17, 15) is 34.5 Å². The van der Waals surface area contributed by atoms with Crippen LogP contribution in [0.1, 0.15) is 335 Å². The number of carboxylic acids is 2. The van der Waals surface area contributed by atoms with E-state index in [-0.39, 0.29) is 272 Å². The zero-order valence-electron chi connectivity index (χ0n) is 28.5. The molecule has 0 amide bonds. The molecule has 0 saturated carbocycles. The zero-order chi connectivity index (χ0) is 36.4. The van der Waals surface area contributed by atoms with Crippen LogP contribution in [0, 0.1) is 0 Å². The molecule has 0 aromatic heterocycles. The quantitative estimate of drug-likeness (QED) is 0.143. The lowest BCUT2D eigenvalue weighted by molar-refractivity contribution is -0.323. The van der Waals surface area contributed by atoms with E-state index < -0.39 is 65.2 Å². The van der Waals surface area contributed by atoms with Crippen LogP contribution in [0.2, 0.25) is 0 Å². The van der Waals surface area contributed by atoms with E-state index in [0.29, 0.717) is 30.1 Å². The molecular formula is C68H182NO14-. The summed E-state index contributed by atoms with van der Waals surface area (Å²) in [5.41, 5.74) is -3.70. The number of carbonyl (C=O) groups excluding carboxylic acids is 3. The number of ether oxygens (including phenoxy) is 5. The number of benzene rings is 1. The summed E-state index contributed by atoms with van der Waals surface area (Å²) in [6.07, 6.45) is 3.09. The minimum absolute atomic E-state index is 0. The molecule has 3 aliphatic heterocycles. The minimum atomic E-state index is -2.27. The van der Waals surface area contributed by atoms with E-state index >= 15 is 0 Å². The summed E-state index contributed by atoms with van der Waals surface area (Å²) >= 11 is 0. The first-order chi connectivity index (χ1) is 22.9. The topological polar surface area (TPSA) is 222 Å². The third-order valence-corrected chi connectivity index (χ3v) is 9.56. The number of aliphatic hydroxyl groups is 3. The van der Waals surface area contributed by atoms with E-state index in [4.69, 9.17) is 33.9 Å². The summed E-state index contributed by atoms with van der Waals surface area (Å²) in [5.74, 6) is -3.23. The van der Waals surface area contributed by atoms with Crippen LogP contribution >= 0.6 is 0 Å². The molecule has 0 bridgehead atoms. The van der Waals surface area contributed by atoms with Crippen LogP contribution in [0.15, 0.2) is 24.0 Å². The van der Waals surface area contributed by atoms with Gasteiger partial charge in [0.25, 0.3) is 0 Å². The van der Waals surface area contributed by atoms with E-state index in [1.807, 2.05) is 12.1 Å². The number of hydrogen-bond acceptors (Lipinski definition) is 14. The lowest BCUT2D eigenvalue weighted by atomic mass is 9.77. The summed E-state index contributed by atoms with van der Waals surface area (Å²) in [7, 11) is 2.76. The fourth-order valence-corrected chi connectivity index (χ4v) is 7.07. The van der Waals surface area contributed by atoms with Gasteiger partial charge in [-0.2, -0.15) is 0 Å². The van der Waals surface area contributed by atoms with Crippen molar-refractivity contribution < 1.29 is 68.4 Å². The molecule has 0 unspecified atom stereocenters. The van der Waals surface area contributed by atoms with Gasteiger partial charge in [-0.15, -0.1) is 0 Å². The Morgan fingerprint density at radius 3 is 1.35 bits per heavy atom. The number of rotatable bonds is 12. The molecule has 15 heteroatoms. The second kappa shape index (κ2) is 82.3. The monoisotopic (exact) mass is 1240 g/mol. The van der Waals surface area contributed by atoms with Crippen molar-refractivity contribution in [1.82, 2.24) is 4.90 Å². The number of esters is 2. The molecule has 83 heavy (non-hydrogen) atoms. The van der Waals surface area contributed by atoms with E-state index in [2.05, 4.69) is 11.0 Å². The SMILES string of the molecule is C.C.C.C.C.C.C.C.C.C.C.C.C.C.C.C.C.C.C.C.C.C.C.C.C.C.C.C.C.C.C.C.C.C.COC(=O)C[C@@](O)(CCCC(C)(C)O)C(=O)O[C@@H]1C(OC)=C[C@]23CCCN2CCc2cc4c(cc2[C@H]13)OCO4.C[C@](O)(CC(=O)O)C(=O)[O-]. The standard InChI is InChI=1S/C29H39NO9.C5H8O5.34CH4/c1-27(2,33)8-5-10-29(34,16-23(31)36-4)26(32)39-25-22(35-3)15-28-9-6-11-30(28)12-7-18-13-20-21(38-17-37-20)14-19(18)24(25)28;1-5(10,4(8)9)2-3(6)7;;;;;;;;;;;;;;;;;;;;;;;;;;;;;;;;;;/h13-15,24-25,33-34H,5-12,16-17H2,1-4H3;10H,2H2,1H3,(H,6,7)(H,8,9);34*1H4/p-1/t24-,25-,28+,29+;5-;;;;;;;;;;;;;;;;;;;;;;;;;;;;;;;;;;/m10................................../s1. The number of methoxy groups -OCH3 is 2. The Bertz CT molecular complexity index is 1480. The Balaban J connectivity index is -0.0000000197. The van der Waals surface area contributed by atoms with Crippen molar-refractivity contribution >= 4 is 23.9 Å². The molecular weight excluding hydrogens is 1050 g/mol. The third kappa shape index (κ3) is 48.0. The molecule has 1 aromatic carbocycles. The summed E-state index contributed by atoms with van der Waals surface area (Å²) in [4.78, 5) is 48.2. The van der Waals surface area contributed by atoms with Crippen LogP contribution in [-0.2, 0) is 39.8 Å². The Hall–Kier alpha value is -3.92. The fourth-order valence-electron chi connectivity index (χ4n) is 7.07. The number of carboxylic acid groups (broad SMARTS) is 2. The maximum Gasteiger partial charge on any atom is 0.339 e. The number of fused-ring (bicyclic) bond motifs is 3. The van der Waals surface area contributed by atoms with Gasteiger partial charge in [-0.3, -0.25) is 14.5 Å². The highest BCUT2D eigenvalue weighted by molar-refractivity contribution is 5.86. The van der Waals surface area contributed by atoms with Crippen LogP contribution in [0.4, 0.5) is 0 Å². The van der Waals surface area contributed by atoms with Crippen molar-refractivity contribution in [3.63, 3.8) is 0 Å². The largest absolute Gasteiger partial charge is 0.547 e. The molecule has 1 aromatic rings. The second-order valence-corrected chi connectivity index (χ2v) is 13.9. The molecule has 1 saturated heterocycles.